The molecule has 0 fully saturated rings. The van der Waals surface area contributed by atoms with Crippen molar-refractivity contribution < 1.29 is 19.1 Å². The Morgan fingerprint density at radius 1 is 1.56 bits per heavy atom. The summed E-state index contributed by atoms with van der Waals surface area (Å²) in [5.74, 6) is 0. The van der Waals surface area contributed by atoms with Gasteiger partial charge in [-0.05, 0) is 26.8 Å². The summed E-state index contributed by atoms with van der Waals surface area (Å²) in [5.41, 5.74) is -0.210. The number of amides is 1. The molecule has 1 radical (unpaired) electrons. The van der Waals surface area contributed by atoms with E-state index in [-0.39, 0.29) is 0 Å². The maximum Gasteiger partial charge on any atom is 0.408 e. The highest BCUT2D eigenvalue weighted by Gasteiger charge is 2.35. The van der Waals surface area contributed by atoms with Crippen LogP contribution in [-0.2, 0) is 4.79 Å². The summed E-state index contributed by atoms with van der Waals surface area (Å²) >= 11 is 0. The Morgan fingerprint density at radius 3 is 2.50 bits per heavy atom. The number of rotatable bonds is 3. The van der Waals surface area contributed by atoms with E-state index in [9.17, 15) is 9.59 Å². The molecule has 1 aromatic heterocycles. The monoisotopic (exact) mass is 224 g/mol. The zero-order chi connectivity index (χ0) is 12.3. The van der Waals surface area contributed by atoms with Crippen LogP contribution >= 0.6 is 0 Å². The molecule has 1 atom stereocenters. The van der Waals surface area contributed by atoms with Gasteiger partial charge in [-0.25, -0.2) is 4.79 Å². The van der Waals surface area contributed by atoms with Crippen molar-refractivity contribution in [3.63, 3.8) is 0 Å². The largest absolute Gasteiger partial charge is 0.472 e. The molecule has 1 rings (SSSR count). The van der Waals surface area contributed by atoms with E-state index in [1.165, 1.54) is 12.5 Å². The fraction of sp³-hybridized carbons (Fsp3) is 0.455. The Hall–Kier alpha value is -1.78. The van der Waals surface area contributed by atoms with Crippen LogP contribution in [0.1, 0.15) is 32.4 Å². The summed E-state index contributed by atoms with van der Waals surface area (Å²) in [6.07, 6.45) is 3.30. The number of hydrogen-bond donors (Lipinski definition) is 1. The summed E-state index contributed by atoms with van der Waals surface area (Å²) in [6, 6.07) is 0.591. The first-order chi connectivity index (χ1) is 7.38. The molecule has 0 spiro atoms. The number of furan rings is 1. The van der Waals surface area contributed by atoms with E-state index in [0.29, 0.717) is 5.56 Å². The van der Waals surface area contributed by atoms with E-state index in [1.54, 1.807) is 33.1 Å². The van der Waals surface area contributed by atoms with E-state index >= 15 is 0 Å². The predicted octanol–water partition coefficient (Wildman–Crippen LogP) is 2.21. The number of carbonyl (C=O) groups is 1. The lowest BCUT2D eigenvalue weighted by molar-refractivity contribution is 0.0868. The van der Waals surface area contributed by atoms with Gasteiger partial charge in [0.15, 0.2) is 0 Å². The van der Waals surface area contributed by atoms with Crippen LogP contribution in [0.4, 0.5) is 4.79 Å². The van der Waals surface area contributed by atoms with E-state index in [1.807, 2.05) is 0 Å². The molecule has 16 heavy (non-hydrogen) atoms. The zero-order valence-electron chi connectivity index (χ0n) is 9.43. The van der Waals surface area contributed by atoms with Crippen molar-refractivity contribution in [2.24, 2.45) is 0 Å². The van der Waals surface area contributed by atoms with Gasteiger partial charge in [-0.3, -0.25) is 9.69 Å². The lowest BCUT2D eigenvalue weighted by atomic mass is 10.0. The first-order valence-electron chi connectivity index (χ1n) is 4.80. The molecule has 0 aliphatic carbocycles. The molecule has 0 aromatic carbocycles. The molecule has 5 heteroatoms. The van der Waals surface area contributed by atoms with Crippen LogP contribution in [0.3, 0.4) is 0 Å². The molecule has 0 bridgehead atoms. The molecule has 1 unspecified atom stereocenters. The summed E-state index contributed by atoms with van der Waals surface area (Å²) in [6.45, 7) is 5.14. The minimum absolute atomic E-state index is 0.479. The van der Waals surface area contributed by atoms with Gasteiger partial charge in [-0.1, -0.05) is 0 Å². The Balaban J connectivity index is 3.10. The van der Waals surface area contributed by atoms with Crippen molar-refractivity contribution in [2.75, 3.05) is 0 Å². The first kappa shape index (κ1) is 12.3. The van der Waals surface area contributed by atoms with Gasteiger partial charge in [0, 0.05) is 11.1 Å². The van der Waals surface area contributed by atoms with Gasteiger partial charge in [-0.15, -0.1) is 0 Å². The van der Waals surface area contributed by atoms with Gasteiger partial charge in [-0.2, -0.15) is 0 Å². The quantitative estimate of drug-likeness (QED) is 0.854. The van der Waals surface area contributed by atoms with Crippen molar-refractivity contribution in [2.45, 2.75) is 32.4 Å². The minimum Gasteiger partial charge on any atom is -0.472 e. The third-order valence-corrected chi connectivity index (χ3v) is 2.16. The Labute approximate surface area is 93.7 Å². The Morgan fingerprint density at radius 2 is 2.19 bits per heavy atom. The standard InChI is InChI=1S/C11H14NO4/c1-11(2,3)12(10(14)15)9(6-13)8-4-5-16-7-8/h4-5,7,9H,1-3H3,(H,14,15). The molecule has 0 aliphatic rings. The second kappa shape index (κ2) is 4.38. The van der Waals surface area contributed by atoms with Gasteiger partial charge in [0.1, 0.15) is 6.04 Å². The SMILES string of the molecule is CC(C)(C)N(C(=O)O)C([C]=O)c1ccoc1. The van der Waals surface area contributed by atoms with Crippen LogP contribution in [0.25, 0.3) is 0 Å². The van der Waals surface area contributed by atoms with Crippen LogP contribution in [0.15, 0.2) is 23.0 Å². The Bertz CT molecular complexity index is 364. The van der Waals surface area contributed by atoms with Crippen molar-refractivity contribution in [3.8, 4) is 0 Å². The highest BCUT2D eigenvalue weighted by Crippen LogP contribution is 2.27. The third kappa shape index (κ3) is 2.42. The van der Waals surface area contributed by atoms with E-state index in [2.05, 4.69) is 0 Å². The molecule has 5 nitrogen and oxygen atoms in total. The summed E-state index contributed by atoms with van der Waals surface area (Å²) in [5, 5.41) is 9.13. The highest BCUT2D eigenvalue weighted by atomic mass is 16.4. The fourth-order valence-corrected chi connectivity index (χ4v) is 1.49. The molecule has 0 aliphatic heterocycles. The van der Waals surface area contributed by atoms with Crippen LogP contribution in [0.2, 0.25) is 0 Å². The van der Waals surface area contributed by atoms with Gasteiger partial charge < -0.3 is 9.52 Å². The lowest BCUT2D eigenvalue weighted by Crippen LogP contribution is -2.47. The molecule has 0 saturated heterocycles. The second-order valence-corrected chi connectivity index (χ2v) is 4.40. The van der Waals surface area contributed by atoms with Gasteiger partial charge >= 0.3 is 6.09 Å². The van der Waals surface area contributed by atoms with Gasteiger partial charge in [0.25, 0.3) is 0 Å². The predicted molar refractivity (Wildman–Crippen MR) is 56.8 cm³/mol. The van der Waals surface area contributed by atoms with Crippen molar-refractivity contribution in [1.29, 1.82) is 0 Å². The van der Waals surface area contributed by atoms with E-state index in [4.69, 9.17) is 9.52 Å². The van der Waals surface area contributed by atoms with Crippen LogP contribution in [0, 0.1) is 0 Å². The summed E-state index contributed by atoms with van der Waals surface area (Å²) < 4.78 is 4.84. The lowest BCUT2D eigenvalue weighted by Gasteiger charge is -2.36. The fourth-order valence-electron chi connectivity index (χ4n) is 1.49. The molecule has 87 valence electrons. The summed E-state index contributed by atoms with van der Waals surface area (Å²) in [4.78, 5) is 23.1. The molecule has 1 amide bonds. The van der Waals surface area contributed by atoms with Crippen LogP contribution < -0.4 is 0 Å². The number of nitrogens with zero attached hydrogens (tertiary/aromatic N) is 1. The van der Waals surface area contributed by atoms with Crippen molar-refractivity contribution in [1.82, 2.24) is 4.90 Å². The molecule has 1 N–H and O–H groups in total. The molecular weight excluding hydrogens is 210 g/mol. The second-order valence-electron chi connectivity index (χ2n) is 4.40. The maximum absolute atomic E-state index is 11.2. The number of hydrogen-bond acceptors (Lipinski definition) is 3. The molecule has 0 saturated carbocycles. The van der Waals surface area contributed by atoms with E-state index in [0.717, 1.165) is 4.90 Å². The zero-order valence-corrected chi connectivity index (χ0v) is 9.43. The molecule has 1 heterocycles. The third-order valence-electron chi connectivity index (χ3n) is 2.16. The van der Waals surface area contributed by atoms with Crippen LogP contribution in [0.5, 0.6) is 0 Å². The highest BCUT2D eigenvalue weighted by molar-refractivity contribution is 5.74. The van der Waals surface area contributed by atoms with Crippen molar-refractivity contribution in [3.05, 3.63) is 24.2 Å². The maximum atomic E-state index is 11.2. The van der Waals surface area contributed by atoms with Gasteiger partial charge in [0.05, 0.1) is 12.5 Å². The average molecular weight is 224 g/mol. The first-order valence-corrected chi connectivity index (χ1v) is 4.80. The van der Waals surface area contributed by atoms with E-state index < -0.39 is 17.7 Å². The summed E-state index contributed by atoms with van der Waals surface area (Å²) in [7, 11) is 0. The Kier molecular flexibility index (Phi) is 3.37. The normalized spacial score (nSPS) is 13.2. The van der Waals surface area contributed by atoms with Gasteiger partial charge in [0.2, 0.25) is 6.29 Å². The van der Waals surface area contributed by atoms with Crippen LogP contribution in [-0.4, -0.2) is 27.9 Å². The average Bonchev–Trinajstić information content (AvgIpc) is 2.63. The molecule has 1 aromatic rings. The molecular formula is C11H14NO4. The smallest absolute Gasteiger partial charge is 0.408 e. The van der Waals surface area contributed by atoms with Crippen molar-refractivity contribution >= 4 is 12.4 Å². The minimum atomic E-state index is -1.16. The number of carboxylic acid groups (broad SMARTS) is 1. The topological polar surface area (TPSA) is 70.8 Å². The number of carbonyl (C=O) groups excluding carboxylic acids is 1.